The fraction of sp³-hybridized carbons (Fsp3) is 0.0435. The van der Waals surface area contributed by atoms with E-state index in [2.05, 4.69) is 4.40 Å². The molecule has 0 unspecified atom stereocenters. The van der Waals surface area contributed by atoms with Gasteiger partial charge in [-0.25, -0.2) is 4.39 Å². The first kappa shape index (κ1) is 18.9. The van der Waals surface area contributed by atoms with E-state index in [1.807, 2.05) is 30.3 Å². The fourth-order valence-electron chi connectivity index (χ4n) is 3.68. The van der Waals surface area contributed by atoms with Crippen molar-refractivity contribution in [2.45, 2.75) is 11.3 Å². The molecule has 0 saturated carbocycles. The molecule has 4 aromatic rings. The Balaban J connectivity index is 1.70. The minimum absolute atomic E-state index is 0.0108. The Labute approximate surface area is 177 Å². The molecule has 1 aliphatic rings. The lowest BCUT2D eigenvalue weighted by molar-refractivity contribution is 0.599. The van der Waals surface area contributed by atoms with Crippen LogP contribution in [-0.4, -0.2) is 19.1 Å². The molecule has 0 aliphatic carbocycles. The van der Waals surface area contributed by atoms with Crippen LogP contribution in [0.2, 0.25) is 5.02 Å². The Bertz CT molecular complexity index is 1450. The van der Waals surface area contributed by atoms with E-state index in [1.54, 1.807) is 24.3 Å². The molecule has 0 fully saturated rings. The highest BCUT2D eigenvalue weighted by molar-refractivity contribution is 7.91. The predicted molar refractivity (Wildman–Crippen MR) is 115 cm³/mol. The summed E-state index contributed by atoms with van der Waals surface area (Å²) in [6.45, 7) is 0. The number of nitrogens with zero attached hydrogens (tertiary/aromatic N) is 2. The van der Waals surface area contributed by atoms with Gasteiger partial charge in [0.2, 0.25) is 0 Å². The van der Waals surface area contributed by atoms with Crippen LogP contribution in [0.15, 0.2) is 82.1 Å². The van der Waals surface area contributed by atoms with Crippen molar-refractivity contribution in [1.29, 1.82) is 0 Å². The third-order valence-corrected chi connectivity index (χ3v) is 6.84. The van der Waals surface area contributed by atoms with Crippen molar-refractivity contribution < 1.29 is 12.8 Å². The number of pyridine rings is 1. The smallest absolute Gasteiger partial charge is 0.250 e. The second kappa shape index (κ2) is 7.00. The zero-order valence-electron chi connectivity index (χ0n) is 15.5. The summed E-state index contributed by atoms with van der Waals surface area (Å²) in [6, 6.07) is 20.7. The summed E-state index contributed by atoms with van der Waals surface area (Å²) in [7, 11) is -3.89. The molecule has 0 N–H and O–H groups in total. The molecule has 5 rings (SSSR count). The van der Waals surface area contributed by atoms with Crippen molar-refractivity contribution in [3.05, 3.63) is 106 Å². The molecule has 1 aliphatic heterocycles. The topological polar surface area (TPSA) is 59.4 Å². The summed E-state index contributed by atoms with van der Waals surface area (Å²) in [6.07, 6.45) is 0.469. The van der Waals surface area contributed by atoms with Gasteiger partial charge < -0.3 is 0 Å². The first-order chi connectivity index (χ1) is 14.4. The molecule has 0 saturated heterocycles. The van der Waals surface area contributed by atoms with Gasteiger partial charge >= 0.3 is 0 Å². The maximum absolute atomic E-state index is 13.3. The van der Waals surface area contributed by atoms with Crippen molar-refractivity contribution >= 4 is 38.1 Å². The van der Waals surface area contributed by atoms with E-state index >= 15 is 0 Å². The number of sulfonamides is 1. The molecule has 0 atom stereocenters. The predicted octanol–water partition coefficient (Wildman–Crippen LogP) is 5.16. The van der Waals surface area contributed by atoms with Crippen molar-refractivity contribution in [3.63, 3.8) is 0 Å². The third kappa shape index (κ3) is 3.18. The molecule has 148 valence electrons. The summed E-state index contributed by atoms with van der Waals surface area (Å²) < 4.78 is 42.5. The van der Waals surface area contributed by atoms with Gasteiger partial charge in [-0.15, -0.1) is 0 Å². The normalized spacial score (nSPS) is 14.5. The number of halogens is 2. The standard InChI is InChI=1S/C23H14ClFN2O2S/c24-19-7-3-6-18-22(27-30(28,29)23(18)19)21-13-15-4-1-2-5-17(15)20(26-21)12-14-8-10-16(25)11-9-14/h1-11,13H,12H2. The Morgan fingerprint density at radius 2 is 1.70 bits per heavy atom. The SMILES string of the molecule is O=S1(=O)N=C(c2cc3ccccc3c(Cc3ccc(F)cc3)n2)c2cccc(Cl)c21. The summed E-state index contributed by atoms with van der Waals surface area (Å²) in [5.41, 5.74) is 2.83. The number of benzene rings is 3. The number of fused-ring (bicyclic) bond motifs is 2. The van der Waals surface area contributed by atoms with Crippen molar-refractivity contribution in [2.75, 3.05) is 0 Å². The van der Waals surface area contributed by atoms with Crippen LogP contribution >= 0.6 is 11.6 Å². The van der Waals surface area contributed by atoms with E-state index in [1.165, 1.54) is 18.2 Å². The van der Waals surface area contributed by atoms with E-state index in [-0.39, 0.29) is 21.4 Å². The fourth-order valence-corrected chi connectivity index (χ4v) is 5.43. The summed E-state index contributed by atoms with van der Waals surface area (Å²) in [4.78, 5) is 4.77. The van der Waals surface area contributed by atoms with Gasteiger partial charge in [-0.3, -0.25) is 4.98 Å². The highest BCUT2D eigenvalue weighted by Crippen LogP contribution is 2.35. The zero-order chi connectivity index (χ0) is 20.9. The van der Waals surface area contributed by atoms with Gasteiger partial charge in [-0.2, -0.15) is 12.8 Å². The quantitative estimate of drug-likeness (QED) is 0.445. The van der Waals surface area contributed by atoms with E-state index < -0.39 is 10.0 Å². The second-order valence-electron chi connectivity index (χ2n) is 7.01. The Morgan fingerprint density at radius 3 is 2.50 bits per heavy atom. The highest BCUT2D eigenvalue weighted by Gasteiger charge is 2.32. The molecule has 4 nitrogen and oxygen atoms in total. The molecule has 30 heavy (non-hydrogen) atoms. The first-order valence-electron chi connectivity index (χ1n) is 9.20. The maximum Gasteiger partial charge on any atom is 0.285 e. The zero-order valence-corrected chi connectivity index (χ0v) is 17.1. The molecular formula is C23H14ClFN2O2S. The third-order valence-electron chi connectivity index (χ3n) is 5.04. The van der Waals surface area contributed by atoms with Crippen molar-refractivity contribution in [1.82, 2.24) is 4.98 Å². The Kier molecular flexibility index (Phi) is 4.41. The molecular weight excluding hydrogens is 423 g/mol. The van der Waals surface area contributed by atoms with Gasteiger partial charge in [0.1, 0.15) is 16.4 Å². The van der Waals surface area contributed by atoms with Crippen LogP contribution in [0.25, 0.3) is 10.8 Å². The van der Waals surface area contributed by atoms with E-state index in [4.69, 9.17) is 16.6 Å². The van der Waals surface area contributed by atoms with Gasteiger partial charge in [-0.05, 0) is 35.2 Å². The van der Waals surface area contributed by atoms with Crippen LogP contribution in [0.4, 0.5) is 4.39 Å². The van der Waals surface area contributed by atoms with Gasteiger partial charge in [0, 0.05) is 17.4 Å². The van der Waals surface area contributed by atoms with Gasteiger partial charge in [-0.1, -0.05) is 60.1 Å². The summed E-state index contributed by atoms with van der Waals surface area (Å²) >= 11 is 6.15. The van der Waals surface area contributed by atoms with Crippen LogP contribution in [0, 0.1) is 5.82 Å². The molecule has 1 aromatic heterocycles. The van der Waals surface area contributed by atoms with Crippen LogP contribution in [0.5, 0.6) is 0 Å². The molecule has 0 radical (unpaired) electrons. The minimum atomic E-state index is -3.89. The van der Waals surface area contributed by atoms with Crippen molar-refractivity contribution in [3.8, 4) is 0 Å². The summed E-state index contributed by atoms with van der Waals surface area (Å²) in [5, 5.41) is 1.99. The second-order valence-corrected chi connectivity index (χ2v) is 8.96. The van der Waals surface area contributed by atoms with Crippen molar-refractivity contribution in [2.24, 2.45) is 4.40 Å². The first-order valence-corrected chi connectivity index (χ1v) is 11.0. The van der Waals surface area contributed by atoms with E-state index in [9.17, 15) is 12.8 Å². The Hall–Kier alpha value is -3.09. The molecule has 0 spiro atoms. The maximum atomic E-state index is 13.3. The molecule has 2 heterocycles. The minimum Gasteiger partial charge on any atom is -0.250 e. The number of hydrogen-bond acceptors (Lipinski definition) is 3. The number of rotatable bonds is 3. The monoisotopic (exact) mass is 436 g/mol. The van der Waals surface area contributed by atoms with Crippen LogP contribution in [-0.2, 0) is 16.4 Å². The number of hydrogen-bond donors (Lipinski definition) is 0. The van der Waals surface area contributed by atoms with Crippen LogP contribution < -0.4 is 0 Å². The molecule has 3 aromatic carbocycles. The largest absolute Gasteiger partial charge is 0.285 e. The van der Waals surface area contributed by atoms with Crippen LogP contribution in [0.1, 0.15) is 22.5 Å². The van der Waals surface area contributed by atoms with Crippen LogP contribution in [0.3, 0.4) is 0 Å². The molecule has 7 heteroatoms. The van der Waals surface area contributed by atoms with Gasteiger partial charge in [0.05, 0.1) is 16.4 Å². The average Bonchev–Trinajstić information content (AvgIpc) is 3.01. The molecule has 0 amide bonds. The lowest BCUT2D eigenvalue weighted by atomic mass is 10.00. The highest BCUT2D eigenvalue weighted by atomic mass is 35.5. The lowest BCUT2D eigenvalue weighted by Gasteiger charge is -2.10. The van der Waals surface area contributed by atoms with Gasteiger partial charge in [0.25, 0.3) is 10.0 Å². The Morgan fingerprint density at radius 1 is 0.933 bits per heavy atom. The average molecular weight is 437 g/mol. The van der Waals surface area contributed by atoms with Gasteiger partial charge in [0.15, 0.2) is 0 Å². The lowest BCUT2D eigenvalue weighted by Crippen LogP contribution is -2.07. The van der Waals surface area contributed by atoms with E-state index in [0.717, 1.165) is 22.0 Å². The number of aromatic nitrogens is 1. The molecule has 0 bridgehead atoms. The summed E-state index contributed by atoms with van der Waals surface area (Å²) in [5.74, 6) is -0.302. The van der Waals surface area contributed by atoms with E-state index in [0.29, 0.717) is 17.7 Å².